The lowest BCUT2D eigenvalue weighted by atomic mass is 9.99. The zero-order valence-corrected chi connectivity index (χ0v) is 11.9. The van der Waals surface area contributed by atoms with Crippen LogP contribution < -0.4 is 0 Å². The number of carbonyl (C=O) groups is 1. The second-order valence-electron chi connectivity index (χ2n) is 5.04. The van der Waals surface area contributed by atoms with Crippen LogP contribution in [0.3, 0.4) is 0 Å². The molecule has 2 saturated heterocycles. The van der Waals surface area contributed by atoms with Crippen molar-refractivity contribution in [2.24, 2.45) is 0 Å². The van der Waals surface area contributed by atoms with Crippen molar-refractivity contribution >= 4 is 21.8 Å². The van der Waals surface area contributed by atoms with Crippen LogP contribution in [0.4, 0.5) is 0 Å². The molecule has 0 radical (unpaired) electrons. The summed E-state index contributed by atoms with van der Waals surface area (Å²) in [5.41, 5.74) is 0. The van der Waals surface area contributed by atoms with E-state index >= 15 is 0 Å². The molecule has 1 aromatic heterocycles. The Kier molecular flexibility index (Phi) is 3.43. The average Bonchev–Trinajstić information content (AvgIpc) is 2.84. The minimum absolute atomic E-state index is 0.0194. The van der Waals surface area contributed by atoms with Gasteiger partial charge in [0.1, 0.15) is 0 Å². The van der Waals surface area contributed by atoms with Gasteiger partial charge in [0, 0.05) is 25.7 Å². The highest BCUT2D eigenvalue weighted by Crippen LogP contribution is 2.23. The number of nitrogens with zero attached hydrogens (tertiary/aromatic N) is 2. The Bertz CT molecular complexity index is 446. The monoisotopic (exact) mass is 312 g/mol. The molecule has 2 aliphatic rings. The van der Waals surface area contributed by atoms with Crippen LogP contribution in [-0.4, -0.2) is 47.9 Å². The van der Waals surface area contributed by atoms with Gasteiger partial charge in [0.2, 0.25) is 0 Å². The summed E-state index contributed by atoms with van der Waals surface area (Å²) in [7, 11) is 0. The predicted molar refractivity (Wildman–Crippen MR) is 71.5 cm³/mol. The standard InChI is InChI=1S/C13H17BrN2O2/c14-12-5-4-11(18-12)13(17)16-8-7-15-6-2-1-3-10(15)9-16/h4-5,10H,1-3,6-9H2. The molecule has 0 N–H and O–H groups in total. The molecule has 5 heteroatoms. The first-order valence-electron chi connectivity index (χ1n) is 6.53. The molecule has 98 valence electrons. The summed E-state index contributed by atoms with van der Waals surface area (Å²) in [5.74, 6) is 0.456. The number of carbonyl (C=O) groups excluding carboxylic acids is 1. The van der Waals surface area contributed by atoms with E-state index in [1.165, 1.54) is 25.8 Å². The highest BCUT2D eigenvalue weighted by molar-refractivity contribution is 9.10. The summed E-state index contributed by atoms with van der Waals surface area (Å²) in [6.07, 6.45) is 3.80. The SMILES string of the molecule is O=C(c1ccc(Br)o1)N1CCN2CCCCC2C1. The van der Waals surface area contributed by atoms with Gasteiger partial charge in [0.25, 0.3) is 5.91 Å². The molecule has 3 heterocycles. The zero-order valence-electron chi connectivity index (χ0n) is 10.3. The molecule has 4 nitrogen and oxygen atoms in total. The quantitative estimate of drug-likeness (QED) is 0.798. The molecule has 0 spiro atoms. The molecular formula is C13H17BrN2O2. The molecule has 1 aromatic rings. The van der Waals surface area contributed by atoms with Gasteiger partial charge in [-0.3, -0.25) is 9.69 Å². The lowest BCUT2D eigenvalue weighted by molar-refractivity contribution is 0.0349. The van der Waals surface area contributed by atoms with Crippen molar-refractivity contribution in [1.29, 1.82) is 0 Å². The van der Waals surface area contributed by atoms with E-state index in [-0.39, 0.29) is 5.91 Å². The minimum Gasteiger partial charge on any atom is -0.444 e. The van der Waals surface area contributed by atoms with Gasteiger partial charge in [-0.15, -0.1) is 0 Å². The number of rotatable bonds is 1. The minimum atomic E-state index is 0.0194. The molecule has 3 rings (SSSR count). The topological polar surface area (TPSA) is 36.7 Å². The van der Waals surface area contributed by atoms with E-state index in [1.807, 2.05) is 4.90 Å². The number of fused-ring (bicyclic) bond motifs is 1. The molecule has 0 aliphatic carbocycles. The number of piperidine rings is 1. The van der Waals surface area contributed by atoms with E-state index in [1.54, 1.807) is 12.1 Å². The van der Waals surface area contributed by atoms with Crippen LogP contribution in [0.15, 0.2) is 21.2 Å². The summed E-state index contributed by atoms with van der Waals surface area (Å²) >= 11 is 3.23. The molecule has 2 fully saturated rings. The summed E-state index contributed by atoms with van der Waals surface area (Å²) in [6.45, 7) is 3.85. The Labute approximate surface area is 115 Å². The summed E-state index contributed by atoms with van der Waals surface area (Å²) in [4.78, 5) is 16.7. The van der Waals surface area contributed by atoms with Gasteiger partial charge in [-0.1, -0.05) is 6.42 Å². The molecule has 0 saturated carbocycles. The molecule has 1 amide bonds. The Morgan fingerprint density at radius 3 is 2.94 bits per heavy atom. The van der Waals surface area contributed by atoms with Crippen LogP contribution in [0, 0.1) is 0 Å². The van der Waals surface area contributed by atoms with Gasteiger partial charge in [0.05, 0.1) is 0 Å². The fourth-order valence-corrected chi connectivity index (χ4v) is 3.23. The van der Waals surface area contributed by atoms with Crippen molar-refractivity contribution in [1.82, 2.24) is 9.80 Å². The van der Waals surface area contributed by atoms with Gasteiger partial charge in [0.15, 0.2) is 10.4 Å². The Balaban J connectivity index is 1.68. The van der Waals surface area contributed by atoms with Crippen molar-refractivity contribution in [3.8, 4) is 0 Å². The van der Waals surface area contributed by atoms with Crippen molar-refractivity contribution in [2.75, 3.05) is 26.2 Å². The highest BCUT2D eigenvalue weighted by atomic mass is 79.9. The number of hydrogen-bond donors (Lipinski definition) is 0. The van der Waals surface area contributed by atoms with Crippen LogP contribution in [0.2, 0.25) is 0 Å². The normalized spacial score (nSPS) is 24.9. The average molecular weight is 313 g/mol. The van der Waals surface area contributed by atoms with Crippen LogP contribution >= 0.6 is 15.9 Å². The van der Waals surface area contributed by atoms with Crippen LogP contribution in [0.5, 0.6) is 0 Å². The fourth-order valence-electron chi connectivity index (χ4n) is 2.93. The Morgan fingerprint density at radius 2 is 2.17 bits per heavy atom. The van der Waals surface area contributed by atoms with Crippen molar-refractivity contribution in [3.63, 3.8) is 0 Å². The third kappa shape index (κ3) is 2.34. The summed E-state index contributed by atoms with van der Waals surface area (Å²) < 4.78 is 5.96. The first-order chi connectivity index (χ1) is 8.74. The van der Waals surface area contributed by atoms with E-state index < -0.39 is 0 Å². The lowest BCUT2D eigenvalue weighted by Gasteiger charge is -2.43. The van der Waals surface area contributed by atoms with E-state index in [2.05, 4.69) is 20.8 Å². The number of piperazine rings is 1. The number of hydrogen-bond acceptors (Lipinski definition) is 3. The first-order valence-corrected chi connectivity index (χ1v) is 7.32. The van der Waals surface area contributed by atoms with Crippen molar-refractivity contribution in [2.45, 2.75) is 25.3 Å². The van der Waals surface area contributed by atoms with E-state index in [9.17, 15) is 4.79 Å². The lowest BCUT2D eigenvalue weighted by Crippen LogP contribution is -2.56. The smallest absolute Gasteiger partial charge is 0.289 e. The maximum Gasteiger partial charge on any atom is 0.289 e. The van der Waals surface area contributed by atoms with Crippen LogP contribution in [-0.2, 0) is 0 Å². The largest absolute Gasteiger partial charge is 0.444 e. The summed E-state index contributed by atoms with van der Waals surface area (Å²) in [6, 6.07) is 4.05. The highest BCUT2D eigenvalue weighted by Gasteiger charge is 2.32. The molecule has 2 aliphatic heterocycles. The Hall–Kier alpha value is -0.810. The van der Waals surface area contributed by atoms with Crippen LogP contribution in [0.1, 0.15) is 29.8 Å². The maximum atomic E-state index is 12.3. The molecule has 1 unspecified atom stereocenters. The van der Waals surface area contributed by atoms with Gasteiger partial charge >= 0.3 is 0 Å². The number of amides is 1. The number of furan rings is 1. The summed E-state index contributed by atoms with van der Waals surface area (Å²) in [5, 5.41) is 0. The van der Waals surface area contributed by atoms with Gasteiger partial charge in [-0.25, -0.2) is 0 Å². The van der Waals surface area contributed by atoms with Gasteiger partial charge in [-0.05, 0) is 47.4 Å². The second kappa shape index (κ2) is 5.05. The first kappa shape index (κ1) is 12.2. The molecule has 1 atom stereocenters. The van der Waals surface area contributed by atoms with Crippen molar-refractivity contribution in [3.05, 3.63) is 22.6 Å². The zero-order chi connectivity index (χ0) is 12.5. The van der Waals surface area contributed by atoms with Gasteiger partial charge < -0.3 is 9.32 Å². The molecule has 0 bridgehead atoms. The molecular weight excluding hydrogens is 296 g/mol. The third-order valence-corrected chi connectivity index (χ3v) is 4.33. The third-order valence-electron chi connectivity index (χ3n) is 3.91. The van der Waals surface area contributed by atoms with E-state index in [0.29, 0.717) is 16.5 Å². The number of halogens is 1. The predicted octanol–water partition coefficient (Wildman–Crippen LogP) is 2.35. The van der Waals surface area contributed by atoms with Gasteiger partial charge in [-0.2, -0.15) is 0 Å². The molecule has 0 aromatic carbocycles. The maximum absolute atomic E-state index is 12.3. The van der Waals surface area contributed by atoms with Crippen molar-refractivity contribution < 1.29 is 9.21 Å². The van der Waals surface area contributed by atoms with Crippen LogP contribution in [0.25, 0.3) is 0 Å². The second-order valence-corrected chi connectivity index (χ2v) is 5.82. The van der Waals surface area contributed by atoms with E-state index in [0.717, 1.165) is 19.6 Å². The van der Waals surface area contributed by atoms with E-state index in [4.69, 9.17) is 4.42 Å². The molecule has 18 heavy (non-hydrogen) atoms. The Morgan fingerprint density at radius 1 is 1.28 bits per heavy atom. The fraction of sp³-hybridized carbons (Fsp3) is 0.615.